The molecule has 0 radical (unpaired) electrons. The number of pyridine rings is 1. The number of thioether (sulfide) groups is 1. The summed E-state index contributed by atoms with van der Waals surface area (Å²) >= 11 is 1.66. The van der Waals surface area contributed by atoms with Gasteiger partial charge >= 0.3 is 0 Å². The van der Waals surface area contributed by atoms with Crippen LogP contribution in [-0.4, -0.2) is 18.0 Å². The Kier molecular flexibility index (Phi) is 2.87. The van der Waals surface area contributed by atoms with Crippen molar-refractivity contribution in [2.45, 2.75) is 18.7 Å². The summed E-state index contributed by atoms with van der Waals surface area (Å²) in [5, 5.41) is 0. The highest BCUT2D eigenvalue weighted by Crippen LogP contribution is 2.32. The number of rotatable bonds is 2. The van der Waals surface area contributed by atoms with Crippen molar-refractivity contribution in [1.29, 1.82) is 0 Å². The van der Waals surface area contributed by atoms with E-state index in [9.17, 15) is 0 Å². The van der Waals surface area contributed by atoms with Crippen LogP contribution in [0.1, 0.15) is 11.3 Å². The molecule has 3 heteroatoms. The van der Waals surface area contributed by atoms with Crippen molar-refractivity contribution in [1.82, 2.24) is 4.98 Å². The van der Waals surface area contributed by atoms with E-state index in [1.165, 1.54) is 0 Å². The molecule has 0 aliphatic heterocycles. The first-order chi connectivity index (χ1) is 5.70. The second-order valence-corrected chi connectivity index (χ2v) is 3.38. The molecule has 0 saturated heterocycles. The normalized spacial score (nSPS) is 9.92. The zero-order valence-corrected chi connectivity index (χ0v) is 8.40. The Morgan fingerprint density at radius 2 is 2.17 bits per heavy atom. The van der Waals surface area contributed by atoms with Gasteiger partial charge in [-0.25, -0.2) is 0 Å². The average molecular weight is 180 g/mol. The molecule has 0 aliphatic carbocycles. The average Bonchev–Trinajstić information content (AvgIpc) is 2.08. The van der Waals surface area contributed by atoms with E-state index in [1.54, 1.807) is 11.8 Å². The molecule has 0 unspecified atom stereocenters. The van der Waals surface area contributed by atoms with Crippen LogP contribution in [0.25, 0.3) is 0 Å². The van der Waals surface area contributed by atoms with Gasteiger partial charge in [-0.1, -0.05) is 0 Å². The van der Waals surface area contributed by atoms with E-state index < -0.39 is 0 Å². The molecule has 0 bridgehead atoms. The number of aryl methyl sites for hydroxylation is 2. The van der Waals surface area contributed by atoms with Crippen LogP contribution in [0.3, 0.4) is 0 Å². The lowest BCUT2D eigenvalue weighted by Gasteiger charge is -2.07. The molecular weight excluding hydrogens is 168 g/mol. The summed E-state index contributed by atoms with van der Waals surface area (Å²) in [6.07, 6.45) is 3.86. The van der Waals surface area contributed by atoms with Gasteiger partial charge in [-0.2, -0.15) is 0 Å². The quantitative estimate of drug-likeness (QED) is 0.516. The van der Waals surface area contributed by atoms with Crippen LogP contribution in [-0.2, 0) is 0 Å². The fraction of sp³-hybridized carbons (Fsp3) is 0.333. The van der Waals surface area contributed by atoms with Gasteiger partial charge in [-0.05, 0) is 32.4 Å². The summed E-state index contributed by atoms with van der Waals surface area (Å²) in [5.74, 6) is 0. The highest BCUT2D eigenvalue weighted by atomic mass is 32.2. The summed E-state index contributed by atoms with van der Waals surface area (Å²) in [4.78, 5) is 9.37. The molecule has 1 heterocycles. The van der Waals surface area contributed by atoms with Gasteiger partial charge in [0.05, 0.1) is 16.3 Å². The van der Waals surface area contributed by atoms with E-state index >= 15 is 0 Å². The van der Waals surface area contributed by atoms with Crippen molar-refractivity contribution in [3.05, 3.63) is 17.5 Å². The SMILES string of the molecule is C=Nc1c(C)cnc(C)c1SC. The highest BCUT2D eigenvalue weighted by Gasteiger charge is 2.06. The van der Waals surface area contributed by atoms with E-state index in [0.29, 0.717) is 0 Å². The number of nitrogens with zero attached hydrogens (tertiary/aromatic N) is 2. The fourth-order valence-electron chi connectivity index (χ4n) is 1.10. The van der Waals surface area contributed by atoms with Gasteiger partial charge in [0.15, 0.2) is 0 Å². The minimum atomic E-state index is 0.968. The van der Waals surface area contributed by atoms with Gasteiger partial charge in [0.25, 0.3) is 0 Å². The molecule has 2 nitrogen and oxygen atoms in total. The summed E-state index contributed by atoms with van der Waals surface area (Å²) in [7, 11) is 0. The summed E-state index contributed by atoms with van der Waals surface area (Å²) in [6.45, 7) is 7.53. The lowest BCUT2D eigenvalue weighted by atomic mass is 10.2. The topological polar surface area (TPSA) is 25.2 Å². The van der Waals surface area contributed by atoms with Crippen LogP contribution in [0.2, 0.25) is 0 Å². The molecule has 0 atom stereocenters. The van der Waals surface area contributed by atoms with Gasteiger partial charge in [0, 0.05) is 6.20 Å². The predicted molar refractivity (Wildman–Crippen MR) is 54.7 cm³/mol. The molecule has 64 valence electrons. The van der Waals surface area contributed by atoms with Crippen LogP contribution >= 0.6 is 11.8 Å². The molecule has 1 aromatic rings. The number of aromatic nitrogens is 1. The smallest absolute Gasteiger partial charge is 0.0820 e. The maximum Gasteiger partial charge on any atom is 0.0820 e. The number of hydrogen-bond acceptors (Lipinski definition) is 3. The molecule has 0 fully saturated rings. The first-order valence-electron chi connectivity index (χ1n) is 3.67. The Balaban J connectivity index is 3.38. The molecule has 0 N–H and O–H groups in total. The predicted octanol–water partition coefficient (Wildman–Crippen LogP) is 2.75. The van der Waals surface area contributed by atoms with Gasteiger partial charge in [-0.3, -0.25) is 9.98 Å². The van der Waals surface area contributed by atoms with E-state index in [0.717, 1.165) is 21.8 Å². The molecule has 0 amide bonds. The molecule has 0 saturated carbocycles. The van der Waals surface area contributed by atoms with Gasteiger partial charge < -0.3 is 0 Å². The Bertz CT molecular complexity index is 308. The largest absolute Gasteiger partial charge is 0.263 e. The second-order valence-electron chi connectivity index (χ2n) is 2.57. The van der Waals surface area contributed by atoms with Crippen molar-refractivity contribution >= 4 is 24.2 Å². The first-order valence-corrected chi connectivity index (χ1v) is 4.90. The van der Waals surface area contributed by atoms with E-state index in [4.69, 9.17) is 0 Å². The van der Waals surface area contributed by atoms with Gasteiger partial charge in [0.1, 0.15) is 0 Å². The molecule has 0 aliphatic rings. The van der Waals surface area contributed by atoms with Crippen LogP contribution in [0.5, 0.6) is 0 Å². The number of hydrogen-bond donors (Lipinski definition) is 0. The molecule has 0 spiro atoms. The molecule has 12 heavy (non-hydrogen) atoms. The minimum Gasteiger partial charge on any atom is -0.263 e. The third-order valence-electron chi connectivity index (χ3n) is 1.73. The summed E-state index contributed by atoms with van der Waals surface area (Å²) < 4.78 is 0. The third-order valence-corrected chi connectivity index (χ3v) is 2.63. The fourth-order valence-corrected chi connectivity index (χ4v) is 1.87. The van der Waals surface area contributed by atoms with E-state index in [2.05, 4.69) is 16.7 Å². The Labute approximate surface area is 77.1 Å². The van der Waals surface area contributed by atoms with Crippen LogP contribution in [0, 0.1) is 13.8 Å². The van der Waals surface area contributed by atoms with E-state index in [-0.39, 0.29) is 0 Å². The van der Waals surface area contributed by atoms with E-state index in [1.807, 2.05) is 26.3 Å². The van der Waals surface area contributed by atoms with Crippen LogP contribution in [0.4, 0.5) is 5.69 Å². The lowest BCUT2D eigenvalue weighted by Crippen LogP contribution is -1.88. The van der Waals surface area contributed by atoms with Crippen molar-refractivity contribution in [3.8, 4) is 0 Å². The van der Waals surface area contributed by atoms with Crippen LogP contribution in [0.15, 0.2) is 16.1 Å². The standard InChI is InChI=1S/C9H12N2S/c1-6-5-11-7(2)9(12-4)8(6)10-3/h5H,3H2,1-2,4H3. The maximum atomic E-state index is 4.25. The number of aliphatic imine (C=N–C) groups is 1. The van der Waals surface area contributed by atoms with Crippen molar-refractivity contribution in [2.75, 3.05) is 6.26 Å². The monoisotopic (exact) mass is 180 g/mol. The maximum absolute atomic E-state index is 4.25. The lowest BCUT2D eigenvalue weighted by molar-refractivity contribution is 1.08. The molecule has 0 aromatic carbocycles. The Morgan fingerprint density at radius 1 is 1.50 bits per heavy atom. The van der Waals surface area contributed by atoms with Crippen molar-refractivity contribution in [3.63, 3.8) is 0 Å². The minimum absolute atomic E-state index is 0.968. The van der Waals surface area contributed by atoms with Gasteiger partial charge in [0.2, 0.25) is 0 Å². The van der Waals surface area contributed by atoms with Gasteiger partial charge in [-0.15, -0.1) is 11.8 Å². The zero-order chi connectivity index (χ0) is 9.14. The third kappa shape index (κ3) is 1.50. The Morgan fingerprint density at radius 3 is 2.58 bits per heavy atom. The Hall–Kier alpha value is -0.830. The summed E-state index contributed by atoms with van der Waals surface area (Å²) in [6, 6.07) is 0. The highest BCUT2D eigenvalue weighted by molar-refractivity contribution is 7.98. The summed E-state index contributed by atoms with van der Waals surface area (Å²) in [5.41, 5.74) is 3.07. The van der Waals surface area contributed by atoms with Crippen molar-refractivity contribution < 1.29 is 0 Å². The first kappa shape index (κ1) is 9.26. The second kappa shape index (κ2) is 3.72. The molecule has 1 rings (SSSR count). The molecule has 1 aromatic heterocycles. The zero-order valence-electron chi connectivity index (χ0n) is 7.59. The van der Waals surface area contributed by atoms with Crippen LogP contribution < -0.4 is 0 Å². The molecular formula is C9H12N2S. The van der Waals surface area contributed by atoms with Crippen molar-refractivity contribution in [2.24, 2.45) is 4.99 Å².